The lowest BCUT2D eigenvalue weighted by Gasteiger charge is -2.35. The average molecular weight is 421 g/mol. The highest BCUT2D eigenvalue weighted by Crippen LogP contribution is 2.35. The molecular formula is C21H29ClN4O3. The van der Waals surface area contributed by atoms with Crippen LogP contribution in [0.3, 0.4) is 0 Å². The van der Waals surface area contributed by atoms with E-state index in [2.05, 4.69) is 9.58 Å². The number of carbonyl (C=O) groups is 1. The van der Waals surface area contributed by atoms with Crippen LogP contribution in [-0.4, -0.2) is 65.8 Å². The van der Waals surface area contributed by atoms with E-state index in [1.54, 1.807) is 4.90 Å². The summed E-state index contributed by atoms with van der Waals surface area (Å²) in [5, 5.41) is 6.43. The van der Waals surface area contributed by atoms with Crippen LogP contribution in [0.2, 0.25) is 5.02 Å². The Bertz CT molecular complexity index is 886. The first kappa shape index (κ1) is 20.3. The number of morpholine rings is 1. The molecule has 2 aromatic rings. The number of anilines is 1. The van der Waals surface area contributed by atoms with Crippen molar-refractivity contribution in [2.24, 2.45) is 0 Å². The second kappa shape index (κ2) is 8.03. The van der Waals surface area contributed by atoms with Crippen LogP contribution in [0.25, 0.3) is 10.9 Å². The number of benzene rings is 1. The quantitative estimate of drug-likeness (QED) is 0.732. The number of fused-ring (bicyclic) bond motifs is 1. The van der Waals surface area contributed by atoms with Crippen molar-refractivity contribution in [3.8, 4) is 0 Å². The van der Waals surface area contributed by atoms with Gasteiger partial charge in [0.25, 0.3) is 0 Å². The number of nitrogens with zero attached hydrogens (tertiary/aromatic N) is 4. The number of piperidine rings is 1. The number of halogens is 1. The number of amides is 1. The highest BCUT2D eigenvalue weighted by molar-refractivity contribution is 6.31. The molecule has 158 valence electrons. The molecule has 0 saturated carbocycles. The molecule has 29 heavy (non-hydrogen) atoms. The van der Waals surface area contributed by atoms with Gasteiger partial charge >= 0.3 is 6.09 Å². The molecule has 2 fully saturated rings. The van der Waals surface area contributed by atoms with Gasteiger partial charge in [0.2, 0.25) is 0 Å². The summed E-state index contributed by atoms with van der Waals surface area (Å²) in [6.07, 6.45) is 3.51. The lowest BCUT2D eigenvalue weighted by molar-refractivity contribution is 0.0169. The van der Waals surface area contributed by atoms with Crippen molar-refractivity contribution < 1.29 is 14.3 Å². The largest absolute Gasteiger partial charge is 0.444 e. The summed E-state index contributed by atoms with van der Waals surface area (Å²) >= 11 is 6.40. The molecular weight excluding hydrogens is 392 g/mol. The number of rotatable bonds is 2. The predicted octanol–water partition coefficient (Wildman–Crippen LogP) is 4.10. The van der Waals surface area contributed by atoms with Gasteiger partial charge < -0.3 is 19.3 Å². The van der Waals surface area contributed by atoms with E-state index in [1.165, 1.54) is 0 Å². The molecule has 1 aromatic carbocycles. The van der Waals surface area contributed by atoms with Crippen LogP contribution in [0.5, 0.6) is 0 Å². The summed E-state index contributed by atoms with van der Waals surface area (Å²) in [7, 11) is 0. The van der Waals surface area contributed by atoms with Gasteiger partial charge in [-0.2, -0.15) is 5.10 Å². The van der Waals surface area contributed by atoms with Crippen LogP contribution in [0, 0.1) is 0 Å². The van der Waals surface area contributed by atoms with Crippen LogP contribution in [0.1, 0.15) is 39.7 Å². The summed E-state index contributed by atoms with van der Waals surface area (Å²) in [5.41, 5.74) is 1.66. The number of aromatic nitrogens is 2. The first-order valence-corrected chi connectivity index (χ1v) is 10.7. The van der Waals surface area contributed by atoms with E-state index in [-0.39, 0.29) is 12.1 Å². The Labute approximate surface area is 176 Å². The fourth-order valence-electron chi connectivity index (χ4n) is 4.10. The molecule has 1 aromatic heterocycles. The molecule has 1 atom stereocenters. The number of ether oxygens (including phenoxy) is 2. The number of likely N-dealkylation sites (tertiary alicyclic amines) is 1. The molecule has 2 aliphatic rings. The van der Waals surface area contributed by atoms with Crippen molar-refractivity contribution in [2.45, 2.75) is 45.3 Å². The Morgan fingerprint density at radius 1 is 1.24 bits per heavy atom. The van der Waals surface area contributed by atoms with Gasteiger partial charge in [-0.05, 0) is 45.7 Å². The van der Waals surface area contributed by atoms with Crippen molar-refractivity contribution in [1.82, 2.24) is 14.7 Å². The predicted molar refractivity (Wildman–Crippen MR) is 114 cm³/mol. The molecule has 3 heterocycles. The average Bonchev–Trinajstić information content (AvgIpc) is 3.10. The standard InChI is InChI=1S/C21H29ClN4O3/c1-21(2,3)29-20(27)25-6-4-5-17(14-25)26-19-15(13-23-26)11-16(22)12-18(19)24-7-9-28-10-8-24/h11-13,17H,4-10,14H2,1-3H3/t17-/m0/s1. The zero-order valence-electron chi connectivity index (χ0n) is 17.4. The smallest absolute Gasteiger partial charge is 0.410 e. The van der Waals surface area contributed by atoms with Gasteiger partial charge in [0.15, 0.2) is 0 Å². The van der Waals surface area contributed by atoms with Gasteiger partial charge in [0.05, 0.1) is 36.7 Å². The van der Waals surface area contributed by atoms with E-state index in [0.29, 0.717) is 31.3 Å². The van der Waals surface area contributed by atoms with Gasteiger partial charge in [0, 0.05) is 36.6 Å². The van der Waals surface area contributed by atoms with Crippen molar-refractivity contribution in [3.63, 3.8) is 0 Å². The van der Waals surface area contributed by atoms with Gasteiger partial charge in [-0.15, -0.1) is 0 Å². The Morgan fingerprint density at radius 3 is 2.72 bits per heavy atom. The first-order valence-electron chi connectivity index (χ1n) is 10.3. The first-order chi connectivity index (χ1) is 13.8. The third kappa shape index (κ3) is 4.46. The summed E-state index contributed by atoms with van der Waals surface area (Å²) in [4.78, 5) is 16.7. The maximum atomic E-state index is 12.6. The molecule has 1 amide bonds. The Morgan fingerprint density at radius 2 is 2.00 bits per heavy atom. The van der Waals surface area contributed by atoms with E-state index in [4.69, 9.17) is 26.2 Å². The fourth-order valence-corrected chi connectivity index (χ4v) is 4.33. The zero-order valence-corrected chi connectivity index (χ0v) is 18.1. The number of hydrogen-bond donors (Lipinski definition) is 0. The van der Waals surface area contributed by atoms with Crippen molar-refractivity contribution >= 4 is 34.3 Å². The summed E-state index contributed by atoms with van der Waals surface area (Å²) in [5.74, 6) is 0. The van der Waals surface area contributed by atoms with E-state index < -0.39 is 5.60 Å². The van der Waals surface area contributed by atoms with Crippen molar-refractivity contribution in [2.75, 3.05) is 44.3 Å². The van der Waals surface area contributed by atoms with Gasteiger partial charge in [-0.1, -0.05) is 11.6 Å². The second-order valence-corrected chi connectivity index (χ2v) is 9.21. The zero-order chi connectivity index (χ0) is 20.6. The van der Waals surface area contributed by atoms with Crippen molar-refractivity contribution in [1.29, 1.82) is 0 Å². The van der Waals surface area contributed by atoms with Crippen molar-refractivity contribution in [3.05, 3.63) is 23.4 Å². The number of hydrogen-bond acceptors (Lipinski definition) is 5. The summed E-state index contributed by atoms with van der Waals surface area (Å²) in [6, 6.07) is 4.08. The van der Waals surface area contributed by atoms with Gasteiger partial charge in [0.1, 0.15) is 5.60 Å². The second-order valence-electron chi connectivity index (χ2n) is 8.77. The highest BCUT2D eigenvalue weighted by atomic mass is 35.5. The highest BCUT2D eigenvalue weighted by Gasteiger charge is 2.30. The monoisotopic (exact) mass is 420 g/mol. The topological polar surface area (TPSA) is 59.8 Å². The van der Waals surface area contributed by atoms with Gasteiger partial charge in [-0.25, -0.2) is 4.79 Å². The molecule has 0 bridgehead atoms. The summed E-state index contributed by atoms with van der Waals surface area (Å²) < 4.78 is 13.2. The van der Waals surface area contributed by atoms with Crippen LogP contribution in [0.4, 0.5) is 10.5 Å². The van der Waals surface area contributed by atoms with E-state index in [0.717, 1.165) is 42.5 Å². The fraction of sp³-hybridized carbons (Fsp3) is 0.619. The molecule has 0 radical (unpaired) electrons. The van der Waals surface area contributed by atoms with Gasteiger partial charge in [-0.3, -0.25) is 4.68 Å². The Balaban J connectivity index is 1.64. The SMILES string of the molecule is CC(C)(C)OC(=O)N1CCC[C@H](n2ncc3cc(Cl)cc(N4CCOCC4)c32)C1. The van der Waals surface area contributed by atoms with Crippen LogP contribution < -0.4 is 4.90 Å². The lowest BCUT2D eigenvalue weighted by Crippen LogP contribution is -2.43. The summed E-state index contributed by atoms with van der Waals surface area (Å²) in [6.45, 7) is 10.1. The number of carbonyl (C=O) groups excluding carboxylic acids is 1. The molecule has 0 unspecified atom stereocenters. The molecule has 0 N–H and O–H groups in total. The molecule has 7 nitrogen and oxygen atoms in total. The minimum atomic E-state index is -0.497. The maximum absolute atomic E-state index is 12.6. The van der Waals surface area contributed by atoms with E-state index in [1.807, 2.05) is 39.1 Å². The molecule has 0 aliphatic carbocycles. The molecule has 8 heteroatoms. The molecule has 0 spiro atoms. The Kier molecular flexibility index (Phi) is 5.62. The van der Waals surface area contributed by atoms with Crippen LogP contribution in [0.15, 0.2) is 18.3 Å². The van der Waals surface area contributed by atoms with Crippen LogP contribution >= 0.6 is 11.6 Å². The molecule has 4 rings (SSSR count). The third-order valence-electron chi connectivity index (χ3n) is 5.38. The normalized spacial score (nSPS) is 20.9. The third-order valence-corrected chi connectivity index (χ3v) is 5.60. The Hall–Kier alpha value is -1.99. The molecule has 2 saturated heterocycles. The van der Waals surface area contributed by atoms with Crippen LogP contribution in [-0.2, 0) is 9.47 Å². The minimum Gasteiger partial charge on any atom is -0.444 e. The lowest BCUT2D eigenvalue weighted by atomic mass is 10.1. The van der Waals surface area contributed by atoms with E-state index >= 15 is 0 Å². The minimum absolute atomic E-state index is 0.106. The van der Waals surface area contributed by atoms with E-state index in [9.17, 15) is 4.79 Å². The molecule has 2 aliphatic heterocycles. The maximum Gasteiger partial charge on any atom is 0.410 e.